The molecular formula is C25H27F3IN3O3. The third-order valence-electron chi connectivity index (χ3n) is 5.79. The molecule has 3 amide bonds. The van der Waals surface area contributed by atoms with Crippen molar-refractivity contribution in [1.82, 2.24) is 10.2 Å². The van der Waals surface area contributed by atoms with Gasteiger partial charge in [-0.3, -0.25) is 19.3 Å². The number of para-hydroxylation sites is 1. The van der Waals surface area contributed by atoms with E-state index in [9.17, 15) is 27.6 Å². The Morgan fingerprint density at radius 1 is 1.00 bits per heavy atom. The van der Waals surface area contributed by atoms with E-state index in [1.807, 2.05) is 23.5 Å². The molecule has 1 heterocycles. The maximum Gasteiger partial charge on any atom is 0.471 e. The molecule has 188 valence electrons. The molecule has 1 N–H and O–H groups in total. The molecule has 0 saturated carbocycles. The van der Waals surface area contributed by atoms with E-state index < -0.39 is 35.5 Å². The minimum Gasteiger partial charge on any atom is -0.336 e. The summed E-state index contributed by atoms with van der Waals surface area (Å²) in [6.45, 7) is 4.92. The highest BCUT2D eigenvalue weighted by molar-refractivity contribution is 14.1. The number of hydrogen-bond donors (Lipinski definition) is 1. The van der Waals surface area contributed by atoms with Crippen molar-refractivity contribution in [2.45, 2.75) is 51.9 Å². The first-order valence-corrected chi connectivity index (χ1v) is 12.2. The van der Waals surface area contributed by atoms with Crippen LogP contribution in [0.4, 0.5) is 24.5 Å². The van der Waals surface area contributed by atoms with E-state index in [4.69, 9.17) is 0 Å². The van der Waals surface area contributed by atoms with Crippen LogP contribution in [0.5, 0.6) is 0 Å². The summed E-state index contributed by atoms with van der Waals surface area (Å²) < 4.78 is 39.8. The number of alkyl halides is 3. The van der Waals surface area contributed by atoms with Gasteiger partial charge in [-0.05, 0) is 77.2 Å². The van der Waals surface area contributed by atoms with Crippen molar-refractivity contribution < 1.29 is 27.6 Å². The zero-order chi connectivity index (χ0) is 26.0. The van der Waals surface area contributed by atoms with Crippen LogP contribution in [0.1, 0.15) is 33.6 Å². The molecule has 1 fully saturated rings. The SMILES string of the molecule is CC(C)(C)[C@H](NC(=O)C(F)(F)F)C(=O)N1CCC[C@H]1C(=O)N(c1ccccc1)c1ccc(I)cc1. The van der Waals surface area contributed by atoms with E-state index in [1.165, 1.54) is 9.80 Å². The Balaban J connectivity index is 1.95. The lowest BCUT2D eigenvalue weighted by Gasteiger charge is -2.36. The molecule has 6 nitrogen and oxygen atoms in total. The topological polar surface area (TPSA) is 69.7 Å². The number of nitrogens with zero attached hydrogens (tertiary/aromatic N) is 2. The summed E-state index contributed by atoms with van der Waals surface area (Å²) in [5.74, 6) is -3.25. The van der Waals surface area contributed by atoms with Crippen molar-refractivity contribution in [1.29, 1.82) is 0 Å². The highest BCUT2D eigenvalue weighted by atomic mass is 127. The van der Waals surface area contributed by atoms with Crippen LogP contribution in [0.3, 0.4) is 0 Å². The molecule has 0 aromatic heterocycles. The standard InChI is InChI=1S/C25H27F3IN3O3/c1-24(2,3)20(30-23(35)25(26,27)28)22(34)31-15-7-10-19(31)21(33)32(17-8-5-4-6-9-17)18-13-11-16(29)12-14-18/h4-6,8-9,11-14,19-20H,7,10,15H2,1-3H3,(H,30,35)/t19-,20+/m0/s1. The Bertz CT molecular complexity index is 1070. The van der Waals surface area contributed by atoms with Crippen molar-refractivity contribution in [3.8, 4) is 0 Å². The van der Waals surface area contributed by atoms with Crippen molar-refractivity contribution in [3.05, 3.63) is 58.2 Å². The number of amides is 3. The van der Waals surface area contributed by atoms with Crippen molar-refractivity contribution in [2.24, 2.45) is 5.41 Å². The summed E-state index contributed by atoms with van der Waals surface area (Å²) in [5.41, 5.74) is 0.207. The minimum absolute atomic E-state index is 0.207. The first kappa shape index (κ1) is 27.0. The monoisotopic (exact) mass is 601 g/mol. The number of carbonyl (C=O) groups is 3. The van der Waals surface area contributed by atoms with Crippen molar-refractivity contribution in [3.63, 3.8) is 0 Å². The van der Waals surface area contributed by atoms with Gasteiger partial charge in [0, 0.05) is 21.5 Å². The number of likely N-dealkylation sites (tertiary alicyclic amines) is 1. The lowest BCUT2D eigenvalue weighted by molar-refractivity contribution is -0.176. The quantitative estimate of drug-likeness (QED) is 0.489. The van der Waals surface area contributed by atoms with Crippen LogP contribution in [0.15, 0.2) is 54.6 Å². The first-order valence-electron chi connectivity index (χ1n) is 11.1. The van der Waals surface area contributed by atoms with Crippen LogP contribution in [0.25, 0.3) is 0 Å². The maximum atomic E-state index is 13.9. The summed E-state index contributed by atoms with van der Waals surface area (Å²) in [7, 11) is 0. The molecule has 2 aromatic rings. The van der Waals surface area contributed by atoms with Gasteiger partial charge in [0.05, 0.1) is 0 Å². The van der Waals surface area contributed by atoms with Gasteiger partial charge in [0.15, 0.2) is 0 Å². The normalized spacial score (nSPS) is 17.1. The van der Waals surface area contributed by atoms with Crippen LogP contribution in [-0.2, 0) is 14.4 Å². The van der Waals surface area contributed by atoms with Crippen molar-refractivity contribution >= 4 is 51.7 Å². The largest absolute Gasteiger partial charge is 0.471 e. The fraction of sp³-hybridized carbons (Fsp3) is 0.400. The molecule has 35 heavy (non-hydrogen) atoms. The molecule has 1 saturated heterocycles. The lowest BCUT2D eigenvalue weighted by atomic mass is 9.85. The van der Waals surface area contributed by atoms with Gasteiger partial charge in [-0.1, -0.05) is 39.0 Å². The fourth-order valence-corrected chi connectivity index (χ4v) is 4.39. The Labute approximate surface area is 216 Å². The summed E-state index contributed by atoms with van der Waals surface area (Å²) in [5, 5.41) is 1.85. The zero-order valence-corrected chi connectivity index (χ0v) is 21.8. The molecule has 2 aromatic carbocycles. The van der Waals surface area contributed by atoms with Crippen LogP contribution in [-0.4, -0.2) is 47.4 Å². The molecule has 2 atom stereocenters. The first-order chi connectivity index (χ1) is 16.3. The summed E-state index contributed by atoms with van der Waals surface area (Å²) in [4.78, 5) is 41.8. The van der Waals surface area contributed by atoms with E-state index in [0.717, 1.165) is 3.57 Å². The molecule has 0 bridgehead atoms. The van der Waals surface area contributed by atoms with Crippen LogP contribution in [0, 0.1) is 8.99 Å². The van der Waals surface area contributed by atoms with E-state index in [0.29, 0.717) is 24.2 Å². The predicted molar refractivity (Wildman–Crippen MR) is 135 cm³/mol. The minimum atomic E-state index is -5.13. The van der Waals surface area contributed by atoms with E-state index in [2.05, 4.69) is 22.6 Å². The van der Waals surface area contributed by atoms with Gasteiger partial charge in [-0.2, -0.15) is 13.2 Å². The molecule has 1 aliphatic rings. The van der Waals surface area contributed by atoms with Gasteiger partial charge in [-0.25, -0.2) is 0 Å². The van der Waals surface area contributed by atoms with Crippen LogP contribution >= 0.6 is 22.6 Å². The molecule has 3 rings (SSSR count). The number of nitrogens with one attached hydrogen (secondary N) is 1. The Morgan fingerprint density at radius 3 is 2.11 bits per heavy atom. The molecule has 1 aliphatic heterocycles. The van der Waals surface area contributed by atoms with Gasteiger partial charge >= 0.3 is 12.1 Å². The number of benzene rings is 2. The van der Waals surface area contributed by atoms with E-state index in [1.54, 1.807) is 57.2 Å². The Kier molecular flexibility index (Phi) is 8.13. The smallest absolute Gasteiger partial charge is 0.336 e. The average Bonchev–Trinajstić information content (AvgIpc) is 3.27. The summed E-state index contributed by atoms with van der Waals surface area (Å²) in [6, 6.07) is 14.0. The fourth-order valence-electron chi connectivity index (χ4n) is 4.03. The van der Waals surface area contributed by atoms with Gasteiger partial charge in [0.25, 0.3) is 5.91 Å². The van der Waals surface area contributed by atoms with Gasteiger partial charge in [0.2, 0.25) is 5.91 Å². The summed E-state index contributed by atoms with van der Waals surface area (Å²) in [6.07, 6.45) is -4.25. The second-order valence-corrected chi connectivity index (χ2v) is 10.7. The number of anilines is 2. The Hall–Kier alpha value is -2.63. The van der Waals surface area contributed by atoms with Crippen molar-refractivity contribution in [2.75, 3.05) is 11.4 Å². The van der Waals surface area contributed by atoms with E-state index >= 15 is 0 Å². The molecular weight excluding hydrogens is 574 g/mol. The highest BCUT2D eigenvalue weighted by Gasteiger charge is 2.47. The number of rotatable bonds is 5. The van der Waals surface area contributed by atoms with Gasteiger partial charge < -0.3 is 10.2 Å². The van der Waals surface area contributed by atoms with Crippen LogP contribution < -0.4 is 10.2 Å². The van der Waals surface area contributed by atoms with Crippen LogP contribution in [0.2, 0.25) is 0 Å². The van der Waals surface area contributed by atoms with Gasteiger partial charge in [0.1, 0.15) is 12.1 Å². The zero-order valence-electron chi connectivity index (χ0n) is 19.6. The second-order valence-electron chi connectivity index (χ2n) is 9.45. The molecule has 0 aliphatic carbocycles. The highest BCUT2D eigenvalue weighted by Crippen LogP contribution is 2.32. The second kappa shape index (κ2) is 10.5. The number of halogens is 4. The number of hydrogen-bond acceptors (Lipinski definition) is 3. The number of carbonyl (C=O) groups excluding carboxylic acids is 3. The molecule has 0 unspecified atom stereocenters. The third kappa shape index (κ3) is 6.33. The molecule has 0 radical (unpaired) electrons. The third-order valence-corrected chi connectivity index (χ3v) is 6.51. The van der Waals surface area contributed by atoms with Gasteiger partial charge in [-0.15, -0.1) is 0 Å². The Morgan fingerprint density at radius 2 is 1.57 bits per heavy atom. The predicted octanol–water partition coefficient (Wildman–Crippen LogP) is 5.04. The van der Waals surface area contributed by atoms with E-state index in [-0.39, 0.29) is 12.5 Å². The maximum absolute atomic E-state index is 13.9. The molecule has 0 spiro atoms. The average molecular weight is 601 g/mol. The lowest BCUT2D eigenvalue weighted by Crippen LogP contribution is -2.59. The summed E-state index contributed by atoms with van der Waals surface area (Å²) >= 11 is 2.16. The molecule has 10 heteroatoms.